The number of benzene rings is 1. The molecule has 1 aromatic rings. The fourth-order valence-corrected chi connectivity index (χ4v) is 1.67. The van der Waals surface area contributed by atoms with E-state index < -0.39 is 12.2 Å². The number of aliphatic hydroxyl groups is 1. The van der Waals surface area contributed by atoms with Crippen LogP contribution in [0.25, 0.3) is 0 Å². The second kappa shape index (κ2) is 6.05. The molecule has 1 aliphatic heterocycles. The molecule has 1 saturated heterocycles. The first kappa shape index (κ1) is 13.2. The Balaban J connectivity index is 2.02. The Kier molecular flexibility index (Phi) is 4.19. The van der Waals surface area contributed by atoms with Crippen LogP contribution in [-0.2, 0) is 9.47 Å². The molecule has 0 aliphatic carbocycles. The number of aliphatic hydroxyl groups excluding tert-OH is 1. The third-order valence-corrected chi connectivity index (χ3v) is 2.49. The summed E-state index contributed by atoms with van der Waals surface area (Å²) in [4.78, 5) is 24.2. The Morgan fingerprint density at radius 3 is 3.05 bits per heavy atom. The molecule has 1 aliphatic rings. The standard InChI is InChI=1S/C12H14N2O5/c15-5-7-18-11(16)13-9-2-1-3-10(8-9)14-4-6-19-12(14)17/h1-3,8,15H,4-7H2,(H,13,16). The highest BCUT2D eigenvalue weighted by molar-refractivity contribution is 5.91. The lowest BCUT2D eigenvalue weighted by atomic mass is 10.2. The number of ether oxygens (including phenoxy) is 2. The maximum absolute atomic E-state index is 11.4. The first-order valence-corrected chi connectivity index (χ1v) is 5.79. The van der Waals surface area contributed by atoms with Crippen molar-refractivity contribution in [2.75, 3.05) is 36.6 Å². The number of cyclic esters (lactones) is 1. The van der Waals surface area contributed by atoms with Crippen molar-refractivity contribution in [3.63, 3.8) is 0 Å². The molecule has 0 unspecified atom stereocenters. The highest BCUT2D eigenvalue weighted by atomic mass is 16.6. The zero-order valence-electron chi connectivity index (χ0n) is 10.2. The molecule has 2 rings (SSSR count). The van der Waals surface area contributed by atoms with Crippen molar-refractivity contribution in [3.05, 3.63) is 24.3 Å². The van der Waals surface area contributed by atoms with E-state index in [1.54, 1.807) is 24.3 Å². The van der Waals surface area contributed by atoms with Gasteiger partial charge in [0.2, 0.25) is 0 Å². The van der Waals surface area contributed by atoms with Gasteiger partial charge in [-0.15, -0.1) is 0 Å². The van der Waals surface area contributed by atoms with E-state index in [0.29, 0.717) is 24.5 Å². The van der Waals surface area contributed by atoms with Gasteiger partial charge in [-0.25, -0.2) is 9.59 Å². The van der Waals surface area contributed by atoms with Crippen LogP contribution >= 0.6 is 0 Å². The van der Waals surface area contributed by atoms with Crippen molar-refractivity contribution >= 4 is 23.6 Å². The molecule has 0 spiro atoms. The monoisotopic (exact) mass is 266 g/mol. The maximum Gasteiger partial charge on any atom is 0.414 e. The van der Waals surface area contributed by atoms with Crippen LogP contribution in [0.2, 0.25) is 0 Å². The molecule has 2 amide bonds. The first-order chi connectivity index (χ1) is 9.20. The van der Waals surface area contributed by atoms with Crippen LogP contribution in [-0.4, -0.2) is 43.7 Å². The van der Waals surface area contributed by atoms with E-state index in [1.807, 2.05) is 0 Å². The van der Waals surface area contributed by atoms with Crippen molar-refractivity contribution in [2.24, 2.45) is 0 Å². The predicted octanol–water partition coefficient (Wildman–Crippen LogP) is 1.18. The van der Waals surface area contributed by atoms with E-state index >= 15 is 0 Å². The fraction of sp³-hybridized carbons (Fsp3) is 0.333. The number of hydrogen-bond acceptors (Lipinski definition) is 5. The predicted molar refractivity (Wildman–Crippen MR) is 67.2 cm³/mol. The third-order valence-electron chi connectivity index (χ3n) is 2.49. The second-order valence-electron chi connectivity index (χ2n) is 3.80. The van der Waals surface area contributed by atoms with Crippen LogP contribution in [0.5, 0.6) is 0 Å². The summed E-state index contributed by atoms with van der Waals surface area (Å²) < 4.78 is 9.52. The Bertz CT molecular complexity index is 477. The number of carbonyl (C=O) groups excluding carboxylic acids is 2. The minimum Gasteiger partial charge on any atom is -0.447 e. The molecule has 0 aromatic heterocycles. The molecule has 1 fully saturated rings. The second-order valence-corrected chi connectivity index (χ2v) is 3.80. The van der Waals surface area contributed by atoms with E-state index in [1.165, 1.54) is 4.90 Å². The van der Waals surface area contributed by atoms with Crippen LogP contribution in [0.4, 0.5) is 21.0 Å². The van der Waals surface area contributed by atoms with Gasteiger partial charge in [0.05, 0.1) is 13.2 Å². The number of hydrogen-bond donors (Lipinski definition) is 2. The molecule has 0 saturated carbocycles. The third kappa shape index (κ3) is 3.35. The highest BCUT2D eigenvalue weighted by Gasteiger charge is 2.23. The summed E-state index contributed by atoms with van der Waals surface area (Å²) >= 11 is 0. The summed E-state index contributed by atoms with van der Waals surface area (Å²) in [5.74, 6) is 0. The van der Waals surface area contributed by atoms with Crippen molar-refractivity contribution in [3.8, 4) is 0 Å². The van der Waals surface area contributed by atoms with Gasteiger partial charge in [0.25, 0.3) is 0 Å². The molecule has 0 atom stereocenters. The van der Waals surface area contributed by atoms with Crippen LogP contribution in [0.1, 0.15) is 0 Å². The summed E-state index contributed by atoms with van der Waals surface area (Å²) in [5.41, 5.74) is 1.14. The van der Waals surface area contributed by atoms with Gasteiger partial charge in [0, 0.05) is 11.4 Å². The van der Waals surface area contributed by atoms with Gasteiger partial charge in [-0.1, -0.05) is 6.07 Å². The van der Waals surface area contributed by atoms with Gasteiger partial charge < -0.3 is 14.6 Å². The van der Waals surface area contributed by atoms with E-state index in [2.05, 4.69) is 10.1 Å². The van der Waals surface area contributed by atoms with Crippen molar-refractivity contribution < 1.29 is 24.2 Å². The van der Waals surface area contributed by atoms with Gasteiger partial charge in [0.1, 0.15) is 13.2 Å². The lowest BCUT2D eigenvalue weighted by Gasteiger charge is -2.14. The van der Waals surface area contributed by atoms with Gasteiger partial charge in [-0.05, 0) is 18.2 Å². The van der Waals surface area contributed by atoms with E-state index in [-0.39, 0.29) is 13.2 Å². The van der Waals surface area contributed by atoms with Crippen LogP contribution in [0.3, 0.4) is 0 Å². The number of nitrogens with one attached hydrogen (secondary N) is 1. The molecule has 19 heavy (non-hydrogen) atoms. The maximum atomic E-state index is 11.4. The highest BCUT2D eigenvalue weighted by Crippen LogP contribution is 2.22. The molecular formula is C12H14N2O5. The number of amides is 2. The smallest absolute Gasteiger partial charge is 0.414 e. The van der Waals surface area contributed by atoms with E-state index in [4.69, 9.17) is 9.84 Å². The lowest BCUT2D eigenvalue weighted by molar-refractivity contribution is 0.131. The Morgan fingerprint density at radius 2 is 2.37 bits per heavy atom. The van der Waals surface area contributed by atoms with E-state index in [9.17, 15) is 9.59 Å². The average Bonchev–Trinajstić information content (AvgIpc) is 2.83. The number of carbonyl (C=O) groups is 2. The van der Waals surface area contributed by atoms with Crippen molar-refractivity contribution in [1.29, 1.82) is 0 Å². The minimum atomic E-state index is -0.657. The molecule has 1 heterocycles. The van der Waals surface area contributed by atoms with Crippen LogP contribution in [0, 0.1) is 0 Å². The number of rotatable bonds is 4. The average molecular weight is 266 g/mol. The Labute approximate surface area is 109 Å². The molecule has 102 valence electrons. The summed E-state index contributed by atoms with van der Waals surface area (Å²) in [6.07, 6.45) is -1.06. The lowest BCUT2D eigenvalue weighted by Crippen LogP contribution is -2.23. The summed E-state index contributed by atoms with van der Waals surface area (Å²) in [7, 11) is 0. The van der Waals surface area contributed by atoms with E-state index in [0.717, 1.165) is 0 Å². The fourth-order valence-electron chi connectivity index (χ4n) is 1.67. The van der Waals surface area contributed by atoms with Crippen LogP contribution in [0.15, 0.2) is 24.3 Å². The SMILES string of the molecule is O=C(Nc1cccc(N2CCOC2=O)c1)OCCO. The molecule has 0 radical (unpaired) electrons. The molecular weight excluding hydrogens is 252 g/mol. The van der Waals surface area contributed by atoms with Gasteiger partial charge in [-0.2, -0.15) is 0 Å². The van der Waals surface area contributed by atoms with Gasteiger partial charge in [-0.3, -0.25) is 10.2 Å². The minimum absolute atomic E-state index is 0.0655. The summed E-state index contributed by atoms with van der Waals surface area (Å²) in [6, 6.07) is 6.78. The number of anilines is 2. The normalized spacial score (nSPS) is 14.2. The molecule has 7 heteroatoms. The topological polar surface area (TPSA) is 88.1 Å². The molecule has 0 bridgehead atoms. The molecule has 2 N–H and O–H groups in total. The van der Waals surface area contributed by atoms with Crippen LogP contribution < -0.4 is 10.2 Å². The Morgan fingerprint density at radius 1 is 1.53 bits per heavy atom. The van der Waals surface area contributed by atoms with Crippen molar-refractivity contribution in [1.82, 2.24) is 0 Å². The molecule has 7 nitrogen and oxygen atoms in total. The summed E-state index contributed by atoms with van der Waals surface area (Å²) in [6.45, 7) is 0.545. The zero-order chi connectivity index (χ0) is 13.7. The first-order valence-electron chi connectivity index (χ1n) is 5.79. The quantitative estimate of drug-likeness (QED) is 0.854. The van der Waals surface area contributed by atoms with Gasteiger partial charge in [0.15, 0.2) is 0 Å². The number of nitrogens with zero attached hydrogens (tertiary/aromatic N) is 1. The summed E-state index contributed by atoms with van der Waals surface area (Å²) in [5, 5.41) is 11.0. The van der Waals surface area contributed by atoms with Crippen molar-refractivity contribution in [2.45, 2.75) is 0 Å². The zero-order valence-corrected chi connectivity index (χ0v) is 10.2. The van der Waals surface area contributed by atoms with Gasteiger partial charge >= 0.3 is 12.2 Å². The molecule has 1 aromatic carbocycles. The largest absolute Gasteiger partial charge is 0.447 e. The Hall–Kier alpha value is -2.28.